The topological polar surface area (TPSA) is 94.5 Å². The van der Waals surface area contributed by atoms with E-state index in [2.05, 4.69) is 97.0 Å². The molecule has 9 heteroatoms. The summed E-state index contributed by atoms with van der Waals surface area (Å²) in [4.78, 5) is 30.8. The highest BCUT2D eigenvalue weighted by Crippen LogP contribution is 2.57. The van der Waals surface area contributed by atoms with E-state index in [1.54, 1.807) is 6.33 Å². The summed E-state index contributed by atoms with van der Waals surface area (Å²) >= 11 is 0. The number of nitrogens with zero attached hydrogens (tertiary/aromatic N) is 6. The van der Waals surface area contributed by atoms with Gasteiger partial charge in [0.25, 0.3) is 0 Å². The number of aromatic nitrogens is 5. The van der Waals surface area contributed by atoms with Crippen molar-refractivity contribution in [3.05, 3.63) is 41.3 Å². The summed E-state index contributed by atoms with van der Waals surface area (Å²) in [5.74, 6) is 1.94. The molecule has 1 aliphatic heterocycles. The SMILES string of the molecule is Cc1c(-c2[nH]c3ccc(N[C@H]4CN(C(=O)CN(C)C(C)C)C[C@H]5C[C@]5(C)C4)nc3c2C(C)C)cn2ncnc2c1C. The molecule has 0 spiro atoms. The molecule has 1 saturated heterocycles. The average molecular weight is 557 g/mol. The number of aromatic amines is 1. The molecule has 1 saturated carbocycles. The molecule has 0 aromatic carbocycles. The van der Waals surface area contributed by atoms with Gasteiger partial charge < -0.3 is 15.2 Å². The van der Waals surface area contributed by atoms with Crippen LogP contribution < -0.4 is 5.32 Å². The van der Waals surface area contributed by atoms with Crippen molar-refractivity contribution < 1.29 is 4.79 Å². The van der Waals surface area contributed by atoms with Gasteiger partial charge in [0.15, 0.2) is 5.65 Å². The molecule has 41 heavy (non-hydrogen) atoms. The first kappa shape index (κ1) is 27.7. The zero-order valence-corrected chi connectivity index (χ0v) is 25.7. The Bertz CT molecular complexity index is 1620. The number of likely N-dealkylation sites (tertiary alicyclic amines) is 1. The Balaban J connectivity index is 1.32. The Kier molecular flexibility index (Phi) is 6.83. The lowest BCUT2D eigenvalue weighted by molar-refractivity contribution is -0.132. The number of anilines is 1. The van der Waals surface area contributed by atoms with Crippen molar-refractivity contribution in [1.82, 2.24) is 34.4 Å². The van der Waals surface area contributed by atoms with E-state index in [0.717, 1.165) is 52.3 Å². The van der Waals surface area contributed by atoms with Crippen molar-refractivity contribution in [2.24, 2.45) is 11.3 Å². The Morgan fingerprint density at radius 1 is 1.17 bits per heavy atom. The first-order valence-corrected chi connectivity index (χ1v) is 15.0. The van der Waals surface area contributed by atoms with Gasteiger partial charge in [-0.15, -0.1) is 0 Å². The second kappa shape index (κ2) is 10.1. The monoisotopic (exact) mass is 556 g/mol. The Morgan fingerprint density at radius 2 is 1.95 bits per heavy atom. The van der Waals surface area contributed by atoms with Crippen LogP contribution in [-0.4, -0.2) is 79.0 Å². The summed E-state index contributed by atoms with van der Waals surface area (Å²) in [7, 11) is 2.03. The van der Waals surface area contributed by atoms with Crippen LogP contribution in [0, 0.1) is 25.2 Å². The molecule has 0 radical (unpaired) electrons. The zero-order valence-electron chi connectivity index (χ0n) is 25.7. The number of carbonyl (C=O) groups is 1. The number of hydrogen-bond donors (Lipinski definition) is 2. The van der Waals surface area contributed by atoms with Gasteiger partial charge >= 0.3 is 0 Å². The highest BCUT2D eigenvalue weighted by molar-refractivity contribution is 5.90. The van der Waals surface area contributed by atoms with Crippen LogP contribution in [0.2, 0.25) is 0 Å². The van der Waals surface area contributed by atoms with Crippen LogP contribution in [0.5, 0.6) is 0 Å². The van der Waals surface area contributed by atoms with E-state index < -0.39 is 0 Å². The maximum absolute atomic E-state index is 13.3. The van der Waals surface area contributed by atoms with Crippen LogP contribution in [-0.2, 0) is 4.79 Å². The molecule has 1 amide bonds. The number of aryl methyl sites for hydroxylation is 1. The van der Waals surface area contributed by atoms with Gasteiger partial charge in [0.2, 0.25) is 5.91 Å². The Labute approximate surface area is 242 Å². The fraction of sp³-hybridized carbons (Fsp3) is 0.562. The van der Waals surface area contributed by atoms with Gasteiger partial charge in [-0.05, 0) is 88.1 Å². The Morgan fingerprint density at radius 3 is 2.68 bits per heavy atom. The summed E-state index contributed by atoms with van der Waals surface area (Å²) in [6, 6.07) is 4.71. The average Bonchev–Trinajstić information content (AvgIpc) is 3.22. The van der Waals surface area contributed by atoms with E-state index in [-0.39, 0.29) is 17.9 Å². The first-order chi connectivity index (χ1) is 19.4. The fourth-order valence-electron chi connectivity index (χ4n) is 6.67. The van der Waals surface area contributed by atoms with Crippen molar-refractivity contribution >= 4 is 28.4 Å². The molecule has 1 aliphatic carbocycles. The number of likely N-dealkylation sites (N-methyl/N-ethyl adjacent to an activating group) is 1. The van der Waals surface area contributed by atoms with Crippen LogP contribution >= 0.6 is 0 Å². The standard InChI is InChI=1S/C32H44N8O/c1-18(2)28-29(24-15-40-31(33-17-34-40)21(6)20(24)5)36-25-9-10-26(37-30(25)28)35-23-12-32(7)11-22(32)13-39(14-23)27(41)16-38(8)19(3)4/h9-10,15,17-19,22-23,36H,11-14,16H2,1-8H3,(H,35,37)/t22-,23-,32-/m1/s1. The number of pyridine rings is 2. The van der Waals surface area contributed by atoms with Crippen molar-refractivity contribution in [3.63, 3.8) is 0 Å². The van der Waals surface area contributed by atoms with Gasteiger partial charge in [0, 0.05) is 42.5 Å². The summed E-state index contributed by atoms with van der Waals surface area (Å²) in [5, 5.41) is 8.17. The van der Waals surface area contributed by atoms with E-state index >= 15 is 0 Å². The van der Waals surface area contributed by atoms with E-state index in [9.17, 15) is 4.79 Å². The number of fused-ring (bicyclic) bond motifs is 3. The molecular weight excluding hydrogens is 512 g/mol. The molecule has 0 unspecified atom stereocenters. The van der Waals surface area contributed by atoms with Crippen LogP contribution in [0.4, 0.5) is 5.82 Å². The summed E-state index contributed by atoms with van der Waals surface area (Å²) < 4.78 is 1.86. The second-order valence-corrected chi connectivity index (χ2v) is 13.4. The molecule has 218 valence electrons. The van der Waals surface area contributed by atoms with E-state index in [0.29, 0.717) is 30.5 Å². The second-order valence-electron chi connectivity index (χ2n) is 13.4. The van der Waals surface area contributed by atoms with Crippen molar-refractivity contribution in [3.8, 4) is 11.3 Å². The minimum atomic E-state index is 0.159. The van der Waals surface area contributed by atoms with E-state index in [1.165, 1.54) is 17.5 Å². The first-order valence-electron chi connectivity index (χ1n) is 15.0. The molecule has 2 fully saturated rings. The van der Waals surface area contributed by atoms with Gasteiger partial charge in [0.1, 0.15) is 12.1 Å². The largest absolute Gasteiger partial charge is 0.366 e. The number of amides is 1. The molecule has 9 nitrogen and oxygen atoms in total. The van der Waals surface area contributed by atoms with Crippen LogP contribution in [0.1, 0.15) is 70.1 Å². The lowest BCUT2D eigenvalue weighted by Gasteiger charge is -2.29. The van der Waals surface area contributed by atoms with Crippen molar-refractivity contribution in [2.45, 2.75) is 79.3 Å². The minimum absolute atomic E-state index is 0.159. The van der Waals surface area contributed by atoms with Crippen molar-refractivity contribution in [2.75, 3.05) is 32.0 Å². The lowest BCUT2D eigenvalue weighted by Crippen LogP contribution is -2.45. The third-order valence-electron chi connectivity index (χ3n) is 9.76. The van der Waals surface area contributed by atoms with E-state index in [4.69, 9.17) is 4.98 Å². The quantitative estimate of drug-likeness (QED) is 0.317. The zero-order chi connectivity index (χ0) is 29.2. The number of hydrogen-bond acceptors (Lipinski definition) is 6. The molecule has 6 rings (SSSR count). The third kappa shape index (κ3) is 4.98. The maximum atomic E-state index is 13.3. The van der Waals surface area contributed by atoms with Gasteiger partial charge in [-0.2, -0.15) is 5.10 Å². The van der Waals surface area contributed by atoms with Crippen molar-refractivity contribution in [1.29, 1.82) is 0 Å². The fourth-order valence-corrected chi connectivity index (χ4v) is 6.67. The predicted octanol–water partition coefficient (Wildman–Crippen LogP) is 5.39. The van der Waals surface area contributed by atoms with E-state index in [1.807, 2.05) is 11.6 Å². The van der Waals surface area contributed by atoms with Gasteiger partial charge in [-0.1, -0.05) is 20.8 Å². The molecule has 4 aromatic heterocycles. The highest BCUT2D eigenvalue weighted by atomic mass is 16.2. The molecule has 2 N–H and O–H groups in total. The molecule has 5 heterocycles. The van der Waals surface area contributed by atoms with Crippen LogP contribution in [0.15, 0.2) is 24.7 Å². The summed E-state index contributed by atoms with van der Waals surface area (Å²) in [6.45, 7) is 17.4. The third-order valence-corrected chi connectivity index (χ3v) is 9.76. The van der Waals surface area contributed by atoms with Gasteiger partial charge in [0.05, 0.1) is 23.3 Å². The lowest BCUT2D eigenvalue weighted by atomic mass is 9.95. The summed E-state index contributed by atoms with van der Waals surface area (Å²) in [5.41, 5.74) is 8.92. The molecule has 3 atom stereocenters. The minimum Gasteiger partial charge on any atom is -0.366 e. The molecular formula is C32H44N8O. The van der Waals surface area contributed by atoms with Gasteiger partial charge in [-0.3, -0.25) is 9.69 Å². The Hall–Kier alpha value is -3.46. The number of H-pyrrole nitrogens is 1. The highest BCUT2D eigenvalue weighted by Gasteiger charge is 2.53. The number of nitrogens with one attached hydrogen (secondary N) is 2. The molecule has 2 aliphatic rings. The number of carbonyl (C=O) groups excluding carboxylic acids is 1. The smallest absolute Gasteiger partial charge is 0.236 e. The molecule has 0 bridgehead atoms. The normalized spacial score (nSPS) is 22.7. The van der Waals surface area contributed by atoms with Crippen LogP contribution in [0.3, 0.4) is 0 Å². The van der Waals surface area contributed by atoms with Gasteiger partial charge in [-0.25, -0.2) is 14.5 Å². The molecule has 4 aromatic rings. The number of rotatable bonds is 7. The summed E-state index contributed by atoms with van der Waals surface area (Å²) in [6.07, 6.45) is 5.91. The predicted molar refractivity (Wildman–Crippen MR) is 164 cm³/mol. The maximum Gasteiger partial charge on any atom is 0.236 e. The van der Waals surface area contributed by atoms with Crippen LogP contribution in [0.25, 0.3) is 27.9 Å².